The maximum atomic E-state index is 12.1. The minimum absolute atomic E-state index is 0.213. The van der Waals surface area contributed by atoms with Gasteiger partial charge in [-0.25, -0.2) is 5.43 Å². The topological polar surface area (TPSA) is 57.2 Å². The van der Waals surface area contributed by atoms with Crippen molar-refractivity contribution in [2.75, 3.05) is 0 Å². The number of aromatic amines is 1. The lowest BCUT2D eigenvalue weighted by atomic mass is 10.1. The zero-order valence-electron chi connectivity index (χ0n) is 11.9. The van der Waals surface area contributed by atoms with Gasteiger partial charge < -0.3 is 4.98 Å². The Balaban J connectivity index is 1.78. The number of rotatable bonds is 3. The van der Waals surface area contributed by atoms with Crippen LogP contribution >= 0.6 is 15.9 Å². The van der Waals surface area contributed by atoms with Gasteiger partial charge in [-0.15, -0.1) is 0 Å². The van der Waals surface area contributed by atoms with E-state index in [1.807, 2.05) is 49.5 Å². The highest BCUT2D eigenvalue weighted by Crippen LogP contribution is 2.21. The van der Waals surface area contributed by atoms with Crippen LogP contribution in [0.15, 0.2) is 58.2 Å². The predicted octanol–water partition coefficient (Wildman–Crippen LogP) is 4.00. The Hall–Kier alpha value is -2.40. The van der Waals surface area contributed by atoms with E-state index in [-0.39, 0.29) is 5.91 Å². The normalized spacial score (nSPS) is 11.2. The number of aryl methyl sites for hydroxylation is 1. The summed E-state index contributed by atoms with van der Waals surface area (Å²) >= 11 is 3.45. The van der Waals surface area contributed by atoms with Crippen LogP contribution in [0.1, 0.15) is 21.5 Å². The molecule has 3 rings (SSSR count). The quantitative estimate of drug-likeness (QED) is 0.541. The number of benzene rings is 2. The van der Waals surface area contributed by atoms with Gasteiger partial charge in [-0.3, -0.25) is 4.79 Å². The van der Waals surface area contributed by atoms with Crippen LogP contribution in [-0.4, -0.2) is 17.1 Å². The Morgan fingerprint density at radius 2 is 2.09 bits per heavy atom. The summed E-state index contributed by atoms with van der Waals surface area (Å²) in [4.78, 5) is 15.2. The van der Waals surface area contributed by atoms with E-state index in [0.717, 1.165) is 26.5 Å². The molecule has 22 heavy (non-hydrogen) atoms. The lowest BCUT2D eigenvalue weighted by Crippen LogP contribution is -2.18. The molecule has 0 radical (unpaired) electrons. The number of nitrogens with one attached hydrogen (secondary N) is 2. The summed E-state index contributed by atoms with van der Waals surface area (Å²) in [5.74, 6) is -0.213. The van der Waals surface area contributed by atoms with Crippen molar-refractivity contribution < 1.29 is 4.79 Å². The van der Waals surface area contributed by atoms with Crippen molar-refractivity contribution in [3.8, 4) is 0 Å². The van der Waals surface area contributed by atoms with Gasteiger partial charge in [0.05, 0.1) is 6.21 Å². The Kier molecular flexibility index (Phi) is 4.06. The lowest BCUT2D eigenvalue weighted by molar-refractivity contribution is 0.0954. The number of fused-ring (bicyclic) bond motifs is 1. The SMILES string of the molecule is Cc1ccccc1C(=O)N/N=C/c1c[nH]c2ccc(Br)cc12. The molecule has 0 unspecified atom stereocenters. The molecule has 0 atom stereocenters. The number of aromatic nitrogens is 1. The molecule has 0 saturated heterocycles. The van der Waals surface area contributed by atoms with E-state index in [0.29, 0.717) is 5.56 Å². The minimum Gasteiger partial charge on any atom is -0.361 e. The molecule has 1 heterocycles. The Morgan fingerprint density at radius 3 is 2.91 bits per heavy atom. The van der Waals surface area contributed by atoms with Crippen LogP contribution < -0.4 is 5.43 Å². The van der Waals surface area contributed by atoms with E-state index < -0.39 is 0 Å². The largest absolute Gasteiger partial charge is 0.361 e. The van der Waals surface area contributed by atoms with Crippen LogP contribution in [0, 0.1) is 6.92 Å². The van der Waals surface area contributed by atoms with E-state index in [2.05, 4.69) is 31.4 Å². The molecule has 0 bridgehead atoms. The first-order valence-electron chi connectivity index (χ1n) is 6.81. The third kappa shape index (κ3) is 2.94. The van der Waals surface area contributed by atoms with Gasteiger partial charge in [0.2, 0.25) is 0 Å². The molecule has 0 saturated carbocycles. The summed E-state index contributed by atoms with van der Waals surface area (Å²) < 4.78 is 0.998. The molecule has 2 aromatic carbocycles. The average Bonchev–Trinajstić information content (AvgIpc) is 2.90. The summed E-state index contributed by atoms with van der Waals surface area (Å²) in [7, 11) is 0. The molecule has 0 aliphatic rings. The Morgan fingerprint density at radius 1 is 1.27 bits per heavy atom. The van der Waals surface area contributed by atoms with Gasteiger partial charge in [0.25, 0.3) is 5.91 Å². The number of hydrazone groups is 1. The van der Waals surface area contributed by atoms with Crippen molar-refractivity contribution in [3.63, 3.8) is 0 Å². The smallest absolute Gasteiger partial charge is 0.271 e. The number of amides is 1. The Labute approximate surface area is 136 Å². The summed E-state index contributed by atoms with van der Waals surface area (Å²) in [6.07, 6.45) is 3.50. The van der Waals surface area contributed by atoms with Crippen LogP contribution in [0.25, 0.3) is 10.9 Å². The maximum absolute atomic E-state index is 12.1. The molecule has 0 fully saturated rings. The molecule has 1 aromatic heterocycles. The number of hydrogen-bond acceptors (Lipinski definition) is 2. The number of carbonyl (C=O) groups is 1. The van der Waals surface area contributed by atoms with Crippen LogP contribution in [0.3, 0.4) is 0 Å². The number of halogens is 1. The van der Waals surface area contributed by atoms with Gasteiger partial charge in [0.15, 0.2) is 0 Å². The fourth-order valence-corrected chi connectivity index (χ4v) is 2.63. The first-order chi connectivity index (χ1) is 10.6. The highest BCUT2D eigenvalue weighted by atomic mass is 79.9. The van der Waals surface area contributed by atoms with Crippen molar-refractivity contribution >= 4 is 39.0 Å². The van der Waals surface area contributed by atoms with E-state index in [9.17, 15) is 4.79 Å². The monoisotopic (exact) mass is 355 g/mol. The molecule has 2 N–H and O–H groups in total. The molecule has 0 spiro atoms. The van der Waals surface area contributed by atoms with Crippen molar-refractivity contribution in [3.05, 3.63) is 69.8 Å². The highest BCUT2D eigenvalue weighted by Gasteiger charge is 2.06. The van der Waals surface area contributed by atoms with Crippen LogP contribution in [0.5, 0.6) is 0 Å². The van der Waals surface area contributed by atoms with Gasteiger partial charge in [0.1, 0.15) is 0 Å². The molecule has 110 valence electrons. The number of nitrogens with zero attached hydrogens (tertiary/aromatic N) is 1. The molecular formula is C17H14BrN3O. The second-order valence-electron chi connectivity index (χ2n) is 4.95. The summed E-state index contributed by atoms with van der Waals surface area (Å²) in [6, 6.07) is 13.4. The van der Waals surface area contributed by atoms with Crippen molar-refractivity contribution in [1.82, 2.24) is 10.4 Å². The number of hydrogen-bond donors (Lipinski definition) is 2. The summed E-state index contributed by atoms with van der Waals surface area (Å²) in [5, 5.41) is 5.10. The van der Waals surface area contributed by atoms with Gasteiger partial charge >= 0.3 is 0 Å². The van der Waals surface area contributed by atoms with Crippen LogP contribution in [0.2, 0.25) is 0 Å². The van der Waals surface area contributed by atoms with Crippen molar-refractivity contribution in [2.24, 2.45) is 5.10 Å². The van der Waals surface area contributed by atoms with Gasteiger partial charge in [-0.05, 0) is 36.8 Å². The average molecular weight is 356 g/mol. The van der Waals surface area contributed by atoms with E-state index in [1.54, 1.807) is 12.3 Å². The fraction of sp³-hybridized carbons (Fsp3) is 0.0588. The number of H-pyrrole nitrogens is 1. The second-order valence-corrected chi connectivity index (χ2v) is 5.86. The first kappa shape index (κ1) is 14.5. The van der Waals surface area contributed by atoms with Crippen LogP contribution in [0.4, 0.5) is 0 Å². The molecule has 5 heteroatoms. The number of carbonyl (C=O) groups excluding carboxylic acids is 1. The fourth-order valence-electron chi connectivity index (χ4n) is 2.27. The zero-order chi connectivity index (χ0) is 15.5. The molecule has 3 aromatic rings. The lowest BCUT2D eigenvalue weighted by Gasteiger charge is -2.02. The molecular weight excluding hydrogens is 342 g/mol. The van der Waals surface area contributed by atoms with Gasteiger partial charge in [-0.2, -0.15) is 5.10 Å². The zero-order valence-corrected chi connectivity index (χ0v) is 13.5. The van der Waals surface area contributed by atoms with E-state index in [1.165, 1.54) is 0 Å². The predicted molar refractivity (Wildman–Crippen MR) is 92.2 cm³/mol. The highest BCUT2D eigenvalue weighted by molar-refractivity contribution is 9.10. The van der Waals surface area contributed by atoms with Crippen molar-refractivity contribution in [1.29, 1.82) is 0 Å². The maximum Gasteiger partial charge on any atom is 0.271 e. The van der Waals surface area contributed by atoms with E-state index >= 15 is 0 Å². The van der Waals surface area contributed by atoms with Crippen molar-refractivity contribution in [2.45, 2.75) is 6.92 Å². The summed E-state index contributed by atoms with van der Waals surface area (Å²) in [5.41, 5.74) is 6.05. The second kappa shape index (κ2) is 6.15. The molecule has 4 nitrogen and oxygen atoms in total. The first-order valence-corrected chi connectivity index (χ1v) is 7.60. The third-order valence-corrected chi connectivity index (χ3v) is 3.93. The van der Waals surface area contributed by atoms with Gasteiger partial charge in [-0.1, -0.05) is 34.1 Å². The molecule has 0 aliphatic heterocycles. The Bertz CT molecular complexity index is 867. The van der Waals surface area contributed by atoms with Gasteiger partial charge in [0, 0.05) is 32.7 Å². The van der Waals surface area contributed by atoms with Crippen LogP contribution in [-0.2, 0) is 0 Å². The molecule has 0 aliphatic carbocycles. The third-order valence-electron chi connectivity index (χ3n) is 3.44. The van der Waals surface area contributed by atoms with E-state index in [4.69, 9.17) is 0 Å². The standard InChI is InChI=1S/C17H14BrN3O/c1-11-4-2-3-5-14(11)17(22)21-20-10-12-9-19-16-7-6-13(18)8-15(12)16/h2-10,19H,1H3,(H,21,22)/b20-10+. The molecule has 1 amide bonds. The minimum atomic E-state index is -0.213. The summed E-state index contributed by atoms with van der Waals surface area (Å²) in [6.45, 7) is 1.90.